The van der Waals surface area contributed by atoms with E-state index < -0.39 is 11.4 Å². The van der Waals surface area contributed by atoms with Crippen molar-refractivity contribution < 1.29 is 14.7 Å². The van der Waals surface area contributed by atoms with Crippen molar-refractivity contribution in [1.82, 2.24) is 10.2 Å². The van der Waals surface area contributed by atoms with Gasteiger partial charge in [-0.3, -0.25) is 9.59 Å². The Morgan fingerprint density at radius 1 is 1.32 bits per heavy atom. The van der Waals surface area contributed by atoms with Crippen LogP contribution in [0.15, 0.2) is 0 Å². The van der Waals surface area contributed by atoms with Crippen molar-refractivity contribution in [1.29, 1.82) is 0 Å². The molecular weight excluding hydrogens is 244 g/mol. The van der Waals surface area contributed by atoms with Crippen LogP contribution in [0.5, 0.6) is 0 Å². The summed E-state index contributed by atoms with van der Waals surface area (Å²) in [5, 5.41) is 12.6. The first kappa shape index (κ1) is 14.3. The van der Waals surface area contributed by atoms with Gasteiger partial charge >= 0.3 is 5.97 Å². The Bertz CT molecular complexity index is 345. The number of aliphatic carboxylic acids is 1. The zero-order chi connectivity index (χ0) is 13.9. The summed E-state index contributed by atoms with van der Waals surface area (Å²) in [7, 11) is 0. The van der Waals surface area contributed by atoms with Crippen LogP contribution in [0, 0.1) is 11.3 Å². The Hall–Kier alpha value is -1.10. The second kappa shape index (κ2) is 5.90. The fraction of sp³-hybridized carbons (Fsp3) is 0.857. The number of likely N-dealkylation sites (tertiary alicyclic amines) is 1. The van der Waals surface area contributed by atoms with E-state index in [-0.39, 0.29) is 5.91 Å². The van der Waals surface area contributed by atoms with Crippen LogP contribution in [0.25, 0.3) is 0 Å². The van der Waals surface area contributed by atoms with E-state index in [1.807, 2.05) is 11.8 Å². The van der Waals surface area contributed by atoms with Crippen molar-refractivity contribution >= 4 is 11.9 Å². The molecule has 2 heterocycles. The molecule has 2 rings (SSSR count). The van der Waals surface area contributed by atoms with Crippen molar-refractivity contribution in [2.75, 3.05) is 26.2 Å². The molecule has 0 aromatic heterocycles. The van der Waals surface area contributed by atoms with Crippen LogP contribution in [0.4, 0.5) is 0 Å². The van der Waals surface area contributed by atoms with Crippen LogP contribution in [0.1, 0.15) is 39.0 Å². The van der Waals surface area contributed by atoms with Crippen molar-refractivity contribution in [3.05, 3.63) is 0 Å². The average molecular weight is 268 g/mol. The lowest BCUT2D eigenvalue weighted by Gasteiger charge is -2.39. The molecule has 5 nitrogen and oxygen atoms in total. The van der Waals surface area contributed by atoms with E-state index in [9.17, 15) is 14.7 Å². The number of hydrogen-bond donors (Lipinski definition) is 2. The summed E-state index contributed by atoms with van der Waals surface area (Å²) >= 11 is 0. The van der Waals surface area contributed by atoms with E-state index in [2.05, 4.69) is 5.32 Å². The smallest absolute Gasteiger partial charge is 0.309 e. The second-order valence-electron chi connectivity index (χ2n) is 5.94. The summed E-state index contributed by atoms with van der Waals surface area (Å²) in [6, 6.07) is 0. The minimum absolute atomic E-state index is 0.196. The first-order valence-corrected chi connectivity index (χ1v) is 7.29. The number of carboxylic acids is 1. The number of piperidine rings is 1. The third-order valence-corrected chi connectivity index (χ3v) is 4.58. The highest BCUT2D eigenvalue weighted by Gasteiger charge is 2.41. The van der Waals surface area contributed by atoms with Crippen LogP contribution in [-0.4, -0.2) is 48.1 Å². The Morgan fingerprint density at radius 2 is 1.95 bits per heavy atom. The molecule has 0 unspecified atom stereocenters. The number of carbonyl (C=O) groups is 2. The van der Waals surface area contributed by atoms with E-state index in [1.54, 1.807) is 0 Å². The lowest BCUT2D eigenvalue weighted by Crippen LogP contribution is -2.49. The highest BCUT2D eigenvalue weighted by molar-refractivity contribution is 5.78. The maximum atomic E-state index is 12.1. The van der Waals surface area contributed by atoms with Crippen molar-refractivity contribution in [2.45, 2.75) is 39.0 Å². The quantitative estimate of drug-likeness (QED) is 0.783. The molecule has 19 heavy (non-hydrogen) atoms. The van der Waals surface area contributed by atoms with E-state index in [4.69, 9.17) is 0 Å². The van der Waals surface area contributed by atoms with Gasteiger partial charge in [-0.05, 0) is 38.3 Å². The number of hydrogen-bond acceptors (Lipinski definition) is 3. The normalized spacial score (nSPS) is 22.9. The standard InChI is InChI=1S/C14H24N2O3/c1-2-3-14(13(18)19)4-6-16(7-5-14)12(17)8-11-9-15-10-11/h11,15H,2-10H2,1H3,(H,18,19). The molecule has 0 aromatic carbocycles. The van der Waals surface area contributed by atoms with Gasteiger partial charge in [0.15, 0.2) is 0 Å². The van der Waals surface area contributed by atoms with Gasteiger partial charge in [0.1, 0.15) is 0 Å². The molecule has 0 aromatic rings. The zero-order valence-electron chi connectivity index (χ0n) is 11.7. The zero-order valence-corrected chi connectivity index (χ0v) is 11.7. The number of nitrogens with zero attached hydrogens (tertiary/aromatic N) is 1. The topological polar surface area (TPSA) is 69.6 Å². The highest BCUT2D eigenvalue weighted by Crippen LogP contribution is 2.36. The fourth-order valence-electron chi connectivity index (χ4n) is 3.10. The van der Waals surface area contributed by atoms with Crippen LogP contribution in [0.2, 0.25) is 0 Å². The maximum absolute atomic E-state index is 12.1. The van der Waals surface area contributed by atoms with Gasteiger partial charge in [0, 0.05) is 19.5 Å². The molecule has 2 N–H and O–H groups in total. The number of rotatable bonds is 5. The number of nitrogens with one attached hydrogen (secondary N) is 1. The van der Waals surface area contributed by atoms with Gasteiger partial charge in [-0.15, -0.1) is 0 Å². The number of amides is 1. The summed E-state index contributed by atoms with van der Waals surface area (Å²) < 4.78 is 0. The van der Waals surface area contributed by atoms with E-state index in [0.717, 1.165) is 25.9 Å². The Labute approximate surface area is 114 Å². The van der Waals surface area contributed by atoms with Crippen LogP contribution >= 0.6 is 0 Å². The van der Waals surface area contributed by atoms with Crippen molar-refractivity contribution in [3.63, 3.8) is 0 Å². The predicted octanol–water partition coefficient (Wildman–Crippen LogP) is 1.09. The largest absolute Gasteiger partial charge is 0.481 e. The molecule has 2 fully saturated rings. The van der Waals surface area contributed by atoms with E-state index >= 15 is 0 Å². The third-order valence-electron chi connectivity index (χ3n) is 4.58. The summed E-state index contributed by atoms with van der Waals surface area (Å²) in [5.74, 6) is -0.0130. The molecule has 0 atom stereocenters. The van der Waals surface area contributed by atoms with Gasteiger partial charge in [-0.1, -0.05) is 13.3 Å². The fourth-order valence-corrected chi connectivity index (χ4v) is 3.10. The molecule has 0 saturated carbocycles. The molecule has 1 amide bonds. The monoisotopic (exact) mass is 268 g/mol. The molecule has 2 aliphatic heterocycles. The highest BCUT2D eigenvalue weighted by atomic mass is 16.4. The van der Waals surface area contributed by atoms with Gasteiger partial charge in [-0.25, -0.2) is 0 Å². The molecule has 0 spiro atoms. The lowest BCUT2D eigenvalue weighted by molar-refractivity contribution is -0.155. The summed E-state index contributed by atoms with van der Waals surface area (Å²) in [6.07, 6.45) is 3.42. The van der Waals surface area contributed by atoms with Gasteiger partial charge in [0.25, 0.3) is 0 Å². The van der Waals surface area contributed by atoms with Gasteiger partial charge in [0.2, 0.25) is 5.91 Å². The minimum Gasteiger partial charge on any atom is -0.481 e. The van der Waals surface area contributed by atoms with Gasteiger partial charge in [0.05, 0.1) is 5.41 Å². The van der Waals surface area contributed by atoms with Gasteiger partial charge in [-0.2, -0.15) is 0 Å². The second-order valence-corrected chi connectivity index (χ2v) is 5.94. The SMILES string of the molecule is CCCC1(C(=O)O)CCN(C(=O)CC2CNC2)CC1. The Kier molecular flexibility index (Phi) is 4.45. The van der Waals surface area contributed by atoms with Crippen molar-refractivity contribution in [3.8, 4) is 0 Å². The average Bonchev–Trinajstić information content (AvgIpc) is 2.34. The maximum Gasteiger partial charge on any atom is 0.309 e. The third kappa shape index (κ3) is 3.08. The number of carbonyl (C=O) groups excluding carboxylic acids is 1. The molecule has 5 heteroatoms. The molecule has 2 saturated heterocycles. The van der Waals surface area contributed by atoms with E-state index in [1.165, 1.54) is 0 Å². The first-order valence-electron chi connectivity index (χ1n) is 7.29. The van der Waals surface area contributed by atoms with Crippen LogP contribution < -0.4 is 5.32 Å². The molecule has 0 aliphatic carbocycles. The van der Waals surface area contributed by atoms with Gasteiger partial charge < -0.3 is 15.3 Å². The Morgan fingerprint density at radius 3 is 2.37 bits per heavy atom. The molecule has 108 valence electrons. The van der Waals surface area contributed by atoms with Crippen LogP contribution in [0.3, 0.4) is 0 Å². The molecule has 0 bridgehead atoms. The number of carboxylic acid groups (broad SMARTS) is 1. The summed E-state index contributed by atoms with van der Waals surface area (Å²) in [4.78, 5) is 25.4. The summed E-state index contributed by atoms with van der Waals surface area (Å²) in [5.41, 5.74) is -0.594. The van der Waals surface area contributed by atoms with Crippen LogP contribution in [-0.2, 0) is 9.59 Å². The molecule has 0 radical (unpaired) electrons. The summed E-state index contributed by atoms with van der Waals surface area (Å²) in [6.45, 7) is 5.10. The molecule has 2 aliphatic rings. The Balaban J connectivity index is 1.86. The first-order chi connectivity index (χ1) is 9.07. The predicted molar refractivity (Wildman–Crippen MR) is 71.8 cm³/mol. The lowest BCUT2D eigenvalue weighted by atomic mass is 9.75. The van der Waals surface area contributed by atoms with E-state index in [0.29, 0.717) is 38.3 Å². The minimum atomic E-state index is -0.690. The van der Waals surface area contributed by atoms with Crippen molar-refractivity contribution in [2.24, 2.45) is 11.3 Å². The molecular formula is C14H24N2O3.